The SMILES string of the molecule is CCC(C)n1ncn(-c2ccc(N3CCN(c4ccc(OCC5COC(Cn6nccn6)(c6ccccn6)O5)cc4)CC3)cc2)c1=O. The largest absolute Gasteiger partial charge is 0.491 e. The van der Waals surface area contributed by atoms with Crippen molar-refractivity contribution in [2.45, 2.75) is 44.7 Å². The van der Waals surface area contributed by atoms with E-state index in [1.807, 2.05) is 49.4 Å². The fraction of sp³-hybridized carbons (Fsp3) is 0.382. The number of hydrogen-bond acceptors (Lipinski definition) is 10. The minimum absolute atomic E-state index is 0.0702. The minimum Gasteiger partial charge on any atom is -0.491 e. The Hall–Kier alpha value is -5.01. The Morgan fingerprint density at radius 1 is 0.872 bits per heavy atom. The summed E-state index contributed by atoms with van der Waals surface area (Å²) in [6.45, 7) is 8.64. The molecule has 0 bridgehead atoms. The maximum absolute atomic E-state index is 12.8. The van der Waals surface area contributed by atoms with Crippen molar-refractivity contribution in [2.75, 3.05) is 49.2 Å². The van der Waals surface area contributed by atoms with Gasteiger partial charge in [-0.05, 0) is 74.0 Å². The van der Waals surface area contributed by atoms with Crippen LogP contribution in [0, 0.1) is 0 Å². The van der Waals surface area contributed by atoms with E-state index in [1.54, 1.807) is 39.0 Å². The molecule has 47 heavy (non-hydrogen) atoms. The summed E-state index contributed by atoms with van der Waals surface area (Å²) in [6, 6.07) is 22.1. The fourth-order valence-electron chi connectivity index (χ4n) is 6.00. The monoisotopic (exact) mass is 637 g/mol. The lowest BCUT2D eigenvalue weighted by Gasteiger charge is -2.37. The van der Waals surface area contributed by atoms with E-state index in [4.69, 9.17) is 14.2 Å². The van der Waals surface area contributed by atoms with Crippen LogP contribution in [0.4, 0.5) is 11.4 Å². The molecule has 5 heterocycles. The number of nitrogens with zero attached hydrogens (tertiary/aromatic N) is 9. The van der Waals surface area contributed by atoms with E-state index >= 15 is 0 Å². The first-order valence-corrected chi connectivity index (χ1v) is 16.1. The van der Waals surface area contributed by atoms with Crippen LogP contribution in [0.3, 0.4) is 0 Å². The molecule has 2 aliphatic rings. The van der Waals surface area contributed by atoms with E-state index < -0.39 is 5.79 Å². The van der Waals surface area contributed by atoms with Gasteiger partial charge in [0.15, 0.2) is 0 Å². The van der Waals surface area contributed by atoms with E-state index in [-0.39, 0.29) is 24.4 Å². The highest BCUT2D eigenvalue weighted by atomic mass is 16.8. The van der Waals surface area contributed by atoms with Crippen molar-refractivity contribution in [3.05, 3.63) is 108 Å². The summed E-state index contributed by atoms with van der Waals surface area (Å²) in [5, 5.41) is 12.8. The molecule has 3 atom stereocenters. The highest BCUT2D eigenvalue weighted by molar-refractivity contribution is 5.54. The van der Waals surface area contributed by atoms with Gasteiger partial charge in [0.05, 0.1) is 30.7 Å². The van der Waals surface area contributed by atoms with Crippen molar-refractivity contribution < 1.29 is 14.2 Å². The number of piperazine rings is 1. The predicted molar refractivity (Wildman–Crippen MR) is 176 cm³/mol. The maximum atomic E-state index is 12.8. The molecule has 3 unspecified atom stereocenters. The van der Waals surface area contributed by atoms with Crippen LogP contribution in [0.2, 0.25) is 0 Å². The van der Waals surface area contributed by atoms with Gasteiger partial charge in [-0.3, -0.25) is 4.98 Å². The van der Waals surface area contributed by atoms with Crippen molar-refractivity contribution >= 4 is 11.4 Å². The molecule has 2 fully saturated rings. The molecule has 0 radical (unpaired) electrons. The van der Waals surface area contributed by atoms with Gasteiger partial charge in [0.1, 0.15) is 37.0 Å². The Balaban J connectivity index is 0.913. The quantitative estimate of drug-likeness (QED) is 0.212. The summed E-state index contributed by atoms with van der Waals surface area (Å²) < 4.78 is 21.9. The molecular formula is C34H39N9O4. The van der Waals surface area contributed by atoms with E-state index in [1.165, 1.54) is 0 Å². The van der Waals surface area contributed by atoms with Crippen LogP contribution in [-0.2, 0) is 21.8 Å². The van der Waals surface area contributed by atoms with Crippen LogP contribution in [0.5, 0.6) is 5.75 Å². The lowest BCUT2D eigenvalue weighted by molar-refractivity contribution is -0.195. The van der Waals surface area contributed by atoms with Crippen molar-refractivity contribution in [1.82, 2.24) is 34.3 Å². The predicted octanol–water partition coefficient (Wildman–Crippen LogP) is 3.67. The average Bonchev–Trinajstić information content (AvgIpc) is 3.89. The first kappa shape index (κ1) is 30.6. The lowest BCUT2D eigenvalue weighted by atomic mass is 10.1. The number of aromatic nitrogens is 7. The molecule has 5 aromatic rings. The van der Waals surface area contributed by atoms with Crippen LogP contribution >= 0.6 is 0 Å². The Labute approximate surface area is 272 Å². The summed E-state index contributed by atoms with van der Waals surface area (Å²) in [7, 11) is 0. The highest BCUT2D eigenvalue weighted by Gasteiger charge is 2.45. The molecule has 244 valence electrons. The molecule has 13 heteroatoms. The maximum Gasteiger partial charge on any atom is 0.350 e. The van der Waals surface area contributed by atoms with Gasteiger partial charge >= 0.3 is 5.69 Å². The van der Waals surface area contributed by atoms with Crippen LogP contribution < -0.4 is 20.2 Å². The summed E-state index contributed by atoms with van der Waals surface area (Å²) in [5.74, 6) is -0.312. The standard InChI is InChI=1S/C34H39N9O4/c1-3-26(2)43-33(44)41(25-38-43)29-9-7-27(8-10-29)39-18-20-40(21-19-39)28-11-13-30(14-12-28)45-22-31-23-46-34(47-31,24-42-36-16-17-37-42)32-6-4-5-15-35-32/h4-17,25-26,31H,3,18-24H2,1-2H3. The Bertz CT molecular complexity index is 1780. The third kappa shape index (κ3) is 6.49. The minimum atomic E-state index is -1.08. The zero-order valence-electron chi connectivity index (χ0n) is 26.6. The lowest BCUT2D eigenvalue weighted by Crippen LogP contribution is -2.46. The van der Waals surface area contributed by atoms with E-state index in [0.717, 1.165) is 55.4 Å². The number of ether oxygens (including phenoxy) is 3. The second-order valence-electron chi connectivity index (χ2n) is 11.9. The average molecular weight is 638 g/mol. The number of pyridine rings is 1. The second-order valence-corrected chi connectivity index (χ2v) is 11.9. The number of rotatable bonds is 11. The van der Waals surface area contributed by atoms with E-state index in [9.17, 15) is 4.79 Å². The van der Waals surface area contributed by atoms with Crippen molar-refractivity contribution in [3.63, 3.8) is 0 Å². The zero-order valence-corrected chi connectivity index (χ0v) is 26.6. The molecule has 0 amide bonds. The van der Waals surface area contributed by atoms with Crippen LogP contribution in [0.1, 0.15) is 32.0 Å². The van der Waals surface area contributed by atoms with Crippen molar-refractivity contribution in [2.24, 2.45) is 0 Å². The number of anilines is 2. The molecule has 0 aliphatic carbocycles. The Morgan fingerprint density at radius 3 is 2.17 bits per heavy atom. The van der Waals surface area contributed by atoms with E-state index in [0.29, 0.717) is 18.9 Å². The van der Waals surface area contributed by atoms with Gasteiger partial charge in [-0.15, -0.1) is 0 Å². The Morgan fingerprint density at radius 2 is 1.53 bits per heavy atom. The third-order valence-electron chi connectivity index (χ3n) is 8.84. The summed E-state index contributed by atoms with van der Waals surface area (Å²) in [5.41, 5.74) is 3.68. The van der Waals surface area contributed by atoms with Crippen LogP contribution in [0.15, 0.2) is 96.4 Å². The fourth-order valence-corrected chi connectivity index (χ4v) is 6.00. The molecule has 13 nitrogen and oxygen atoms in total. The van der Waals surface area contributed by atoms with Crippen molar-refractivity contribution in [3.8, 4) is 11.4 Å². The van der Waals surface area contributed by atoms with Gasteiger partial charge in [-0.2, -0.15) is 20.1 Å². The van der Waals surface area contributed by atoms with Crippen molar-refractivity contribution in [1.29, 1.82) is 0 Å². The first-order chi connectivity index (χ1) is 23.0. The second kappa shape index (κ2) is 13.4. The smallest absolute Gasteiger partial charge is 0.350 e. The Kier molecular flexibility index (Phi) is 8.72. The van der Waals surface area contributed by atoms with Crippen LogP contribution in [-0.4, -0.2) is 79.8 Å². The van der Waals surface area contributed by atoms with Crippen LogP contribution in [0.25, 0.3) is 5.69 Å². The van der Waals surface area contributed by atoms with Gasteiger partial charge in [-0.25, -0.2) is 14.0 Å². The highest BCUT2D eigenvalue weighted by Crippen LogP contribution is 2.35. The molecule has 2 aromatic carbocycles. The zero-order chi connectivity index (χ0) is 32.2. The van der Waals surface area contributed by atoms with Gasteiger partial charge in [0.25, 0.3) is 0 Å². The normalized spacial score (nSPS) is 20.4. The topological polar surface area (TPSA) is 118 Å². The molecule has 0 saturated carbocycles. The van der Waals surface area contributed by atoms with Gasteiger partial charge in [0.2, 0.25) is 5.79 Å². The van der Waals surface area contributed by atoms with E-state index in [2.05, 4.69) is 61.3 Å². The molecule has 3 aromatic heterocycles. The molecule has 2 saturated heterocycles. The molecule has 0 spiro atoms. The summed E-state index contributed by atoms with van der Waals surface area (Å²) in [4.78, 5) is 23.6. The molecule has 2 aliphatic heterocycles. The first-order valence-electron chi connectivity index (χ1n) is 16.1. The summed E-state index contributed by atoms with van der Waals surface area (Å²) >= 11 is 0. The third-order valence-corrected chi connectivity index (χ3v) is 8.84. The van der Waals surface area contributed by atoms with Gasteiger partial charge in [-0.1, -0.05) is 13.0 Å². The molecule has 0 N–H and O–H groups in total. The van der Waals surface area contributed by atoms with Gasteiger partial charge in [0, 0.05) is 43.8 Å². The molecule has 7 rings (SSSR count). The summed E-state index contributed by atoms with van der Waals surface area (Å²) in [6.07, 6.45) is 7.15. The number of hydrogen-bond donors (Lipinski definition) is 0. The number of benzene rings is 2. The molecular weight excluding hydrogens is 598 g/mol. The van der Waals surface area contributed by atoms with Gasteiger partial charge < -0.3 is 24.0 Å².